The number of amides is 1. The number of carbonyl (C=O) groups excluding carboxylic acids is 1. The van der Waals surface area contributed by atoms with Crippen LogP contribution < -0.4 is 5.32 Å². The monoisotopic (exact) mass is 458 g/mol. The van der Waals surface area contributed by atoms with Gasteiger partial charge in [-0.15, -0.1) is 0 Å². The van der Waals surface area contributed by atoms with Gasteiger partial charge in [0.15, 0.2) is 11.0 Å². The molecule has 2 aromatic carbocycles. The molecule has 1 amide bonds. The molecule has 0 bridgehead atoms. The van der Waals surface area contributed by atoms with Crippen LogP contribution in [0, 0.1) is 10.1 Å². The number of nitro benzene ring substituents is 1. The Morgan fingerprint density at radius 1 is 1.15 bits per heavy atom. The largest absolute Gasteiger partial charge is 0.338 e. The summed E-state index contributed by atoms with van der Waals surface area (Å²) in [6, 6.07) is 16.1. The lowest BCUT2D eigenvalue weighted by atomic mass is 10.1. The predicted molar refractivity (Wildman–Crippen MR) is 127 cm³/mol. The van der Waals surface area contributed by atoms with Gasteiger partial charge < -0.3 is 14.5 Å². The van der Waals surface area contributed by atoms with E-state index in [1.807, 2.05) is 48.1 Å². The standard InChI is InChI=1S/C23H18N6O3S/c1-27-12-10-24-22(27)21-20(15-5-3-2-4-6-15)26-23(33-21)25-19(30)14-28-11-9-16-13-17(29(31)32)7-8-18(16)28/h2-13H,14H2,1H3,(H,25,26,30). The second kappa shape index (κ2) is 8.32. The van der Waals surface area contributed by atoms with Crippen LogP contribution in [0.3, 0.4) is 0 Å². The molecule has 5 aromatic rings. The molecule has 3 heterocycles. The Labute approximate surface area is 192 Å². The number of carbonyl (C=O) groups is 1. The van der Waals surface area contributed by atoms with E-state index < -0.39 is 4.92 Å². The molecule has 0 saturated carbocycles. The lowest BCUT2D eigenvalue weighted by Gasteiger charge is -2.05. The Kier molecular flexibility index (Phi) is 5.19. The molecular weight excluding hydrogens is 440 g/mol. The minimum atomic E-state index is -0.435. The van der Waals surface area contributed by atoms with E-state index in [1.165, 1.54) is 23.5 Å². The van der Waals surface area contributed by atoms with Gasteiger partial charge in [0.1, 0.15) is 6.54 Å². The molecule has 0 radical (unpaired) electrons. The molecule has 0 aliphatic heterocycles. The molecule has 10 heteroatoms. The van der Waals surface area contributed by atoms with Crippen LogP contribution in [-0.2, 0) is 18.4 Å². The van der Waals surface area contributed by atoms with Crippen molar-refractivity contribution in [1.29, 1.82) is 0 Å². The number of benzene rings is 2. The number of aryl methyl sites for hydroxylation is 1. The van der Waals surface area contributed by atoms with Crippen molar-refractivity contribution in [3.05, 3.63) is 83.3 Å². The number of nitrogens with zero attached hydrogens (tertiary/aromatic N) is 5. The topological polar surface area (TPSA) is 108 Å². The fraction of sp³-hybridized carbons (Fsp3) is 0.0870. The molecule has 0 fully saturated rings. The van der Waals surface area contributed by atoms with Gasteiger partial charge in [-0.05, 0) is 12.1 Å². The Morgan fingerprint density at radius 3 is 2.70 bits per heavy atom. The molecular formula is C23H18N6O3S. The van der Waals surface area contributed by atoms with E-state index in [0.29, 0.717) is 10.5 Å². The van der Waals surface area contributed by atoms with Crippen molar-refractivity contribution < 1.29 is 9.72 Å². The van der Waals surface area contributed by atoms with Crippen molar-refractivity contribution in [3.63, 3.8) is 0 Å². The SMILES string of the molecule is Cn1ccnc1-c1sc(NC(=O)Cn2ccc3cc([N+](=O)[O-])ccc32)nc1-c1ccccc1. The highest BCUT2D eigenvalue weighted by atomic mass is 32.1. The van der Waals surface area contributed by atoms with Crippen LogP contribution in [0.15, 0.2) is 73.2 Å². The second-order valence-electron chi connectivity index (χ2n) is 7.42. The maximum Gasteiger partial charge on any atom is 0.270 e. The van der Waals surface area contributed by atoms with Crippen LogP contribution in [0.25, 0.3) is 32.9 Å². The summed E-state index contributed by atoms with van der Waals surface area (Å²) in [5.41, 5.74) is 2.45. The normalized spacial score (nSPS) is 11.1. The van der Waals surface area contributed by atoms with Crippen molar-refractivity contribution in [2.75, 3.05) is 5.32 Å². The van der Waals surface area contributed by atoms with Gasteiger partial charge in [-0.3, -0.25) is 14.9 Å². The number of anilines is 1. The molecule has 0 atom stereocenters. The third-order valence-corrected chi connectivity index (χ3v) is 6.19. The zero-order valence-corrected chi connectivity index (χ0v) is 18.3. The first kappa shape index (κ1) is 20.6. The maximum atomic E-state index is 12.8. The van der Waals surface area contributed by atoms with Gasteiger partial charge in [0.2, 0.25) is 5.91 Å². The van der Waals surface area contributed by atoms with E-state index in [9.17, 15) is 14.9 Å². The summed E-state index contributed by atoms with van der Waals surface area (Å²) < 4.78 is 3.66. The number of nitrogens with one attached hydrogen (secondary N) is 1. The Balaban J connectivity index is 1.42. The van der Waals surface area contributed by atoms with Gasteiger partial charge in [-0.2, -0.15) is 0 Å². The Hall–Kier alpha value is -4.31. The molecule has 5 rings (SSSR count). The highest BCUT2D eigenvalue weighted by Gasteiger charge is 2.19. The van der Waals surface area contributed by atoms with E-state index in [0.717, 1.165) is 27.5 Å². The zero-order chi connectivity index (χ0) is 22.9. The van der Waals surface area contributed by atoms with Gasteiger partial charge in [0.25, 0.3) is 5.69 Å². The van der Waals surface area contributed by atoms with Crippen molar-refractivity contribution in [3.8, 4) is 22.0 Å². The van der Waals surface area contributed by atoms with Crippen molar-refractivity contribution in [1.82, 2.24) is 19.1 Å². The fourth-order valence-electron chi connectivity index (χ4n) is 3.65. The zero-order valence-electron chi connectivity index (χ0n) is 17.5. The van der Waals surface area contributed by atoms with Gasteiger partial charge in [0, 0.05) is 54.2 Å². The first-order chi connectivity index (χ1) is 16.0. The Morgan fingerprint density at radius 2 is 1.97 bits per heavy atom. The molecule has 0 unspecified atom stereocenters. The minimum absolute atomic E-state index is 0.0164. The third-order valence-electron chi connectivity index (χ3n) is 5.22. The second-order valence-corrected chi connectivity index (χ2v) is 8.42. The summed E-state index contributed by atoms with van der Waals surface area (Å²) in [5, 5.41) is 15.1. The minimum Gasteiger partial charge on any atom is -0.338 e. The molecule has 33 heavy (non-hydrogen) atoms. The van der Waals surface area contributed by atoms with Crippen LogP contribution in [0.2, 0.25) is 0 Å². The number of hydrogen-bond acceptors (Lipinski definition) is 6. The number of hydrogen-bond donors (Lipinski definition) is 1. The van der Waals surface area contributed by atoms with Gasteiger partial charge in [0.05, 0.1) is 15.5 Å². The van der Waals surface area contributed by atoms with Crippen LogP contribution >= 0.6 is 11.3 Å². The van der Waals surface area contributed by atoms with E-state index in [-0.39, 0.29) is 18.1 Å². The Bertz CT molecular complexity index is 1480. The number of thiazole rings is 1. The predicted octanol–water partition coefficient (Wildman–Crippen LogP) is 4.71. The van der Waals surface area contributed by atoms with Gasteiger partial charge in [-0.25, -0.2) is 9.97 Å². The highest BCUT2D eigenvalue weighted by molar-refractivity contribution is 7.19. The van der Waals surface area contributed by atoms with E-state index in [1.54, 1.807) is 29.1 Å². The van der Waals surface area contributed by atoms with Crippen LogP contribution in [-0.4, -0.2) is 29.9 Å². The molecule has 0 aliphatic carbocycles. The molecule has 0 spiro atoms. The first-order valence-electron chi connectivity index (χ1n) is 10.1. The molecule has 1 N–H and O–H groups in total. The quantitative estimate of drug-likeness (QED) is 0.293. The van der Waals surface area contributed by atoms with E-state index >= 15 is 0 Å². The molecule has 164 valence electrons. The van der Waals surface area contributed by atoms with Crippen molar-refractivity contribution in [2.45, 2.75) is 6.54 Å². The fourth-order valence-corrected chi connectivity index (χ4v) is 4.70. The molecule has 0 aliphatic rings. The number of aromatic nitrogens is 4. The van der Waals surface area contributed by atoms with Crippen LogP contribution in [0.4, 0.5) is 10.8 Å². The first-order valence-corrected chi connectivity index (χ1v) is 10.9. The molecule has 9 nitrogen and oxygen atoms in total. The summed E-state index contributed by atoms with van der Waals surface area (Å²) in [5.74, 6) is 0.524. The lowest BCUT2D eigenvalue weighted by molar-refractivity contribution is -0.384. The van der Waals surface area contributed by atoms with Crippen molar-refractivity contribution in [2.24, 2.45) is 7.05 Å². The number of rotatable bonds is 6. The van der Waals surface area contributed by atoms with Gasteiger partial charge in [-0.1, -0.05) is 41.7 Å². The number of nitro groups is 1. The summed E-state index contributed by atoms with van der Waals surface area (Å²) in [6.07, 6.45) is 5.33. The average Bonchev–Trinajstić information content (AvgIpc) is 3.52. The van der Waals surface area contributed by atoms with E-state index in [4.69, 9.17) is 0 Å². The summed E-state index contributed by atoms with van der Waals surface area (Å²) in [6.45, 7) is 0.0549. The number of fused-ring (bicyclic) bond motifs is 1. The number of imidazole rings is 1. The maximum absolute atomic E-state index is 12.8. The average molecular weight is 459 g/mol. The van der Waals surface area contributed by atoms with Crippen LogP contribution in [0.5, 0.6) is 0 Å². The molecule has 0 saturated heterocycles. The highest BCUT2D eigenvalue weighted by Crippen LogP contribution is 2.38. The lowest BCUT2D eigenvalue weighted by Crippen LogP contribution is -2.18. The smallest absolute Gasteiger partial charge is 0.270 e. The van der Waals surface area contributed by atoms with Crippen LogP contribution in [0.1, 0.15) is 0 Å². The van der Waals surface area contributed by atoms with Crippen molar-refractivity contribution >= 4 is 39.0 Å². The molecule has 3 aromatic heterocycles. The summed E-state index contributed by atoms with van der Waals surface area (Å²) in [7, 11) is 1.91. The third kappa shape index (κ3) is 3.99. The van der Waals surface area contributed by atoms with Gasteiger partial charge >= 0.3 is 0 Å². The summed E-state index contributed by atoms with van der Waals surface area (Å²) >= 11 is 1.37. The summed E-state index contributed by atoms with van der Waals surface area (Å²) in [4.78, 5) is 33.4. The number of non-ortho nitro benzene ring substituents is 1. The van der Waals surface area contributed by atoms with E-state index in [2.05, 4.69) is 15.3 Å².